The van der Waals surface area contributed by atoms with Crippen LogP contribution in [-0.4, -0.2) is 38.7 Å². The Bertz CT molecular complexity index is 1120. The van der Waals surface area contributed by atoms with E-state index in [0.29, 0.717) is 10.6 Å². The maximum absolute atomic E-state index is 12.8. The Labute approximate surface area is 167 Å². The first-order valence-corrected chi connectivity index (χ1v) is 9.75. The number of nitrogens with one attached hydrogen (secondary N) is 1. The molecule has 0 spiro atoms. The van der Waals surface area contributed by atoms with E-state index in [1.807, 2.05) is 39.9 Å². The number of para-hydroxylation sites is 1. The van der Waals surface area contributed by atoms with E-state index in [1.54, 1.807) is 18.3 Å². The molecule has 3 heterocycles. The smallest absolute Gasteiger partial charge is 0.253 e. The summed E-state index contributed by atoms with van der Waals surface area (Å²) in [6, 6.07) is 13.6. The molecule has 2 bridgehead atoms. The number of nitriles is 1. The van der Waals surface area contributed by atoms with Gasteiger partial charge in [0.25, 0.3) is 5.91 Å². The summed E-state index contributed by atoms with van der Waals surface area (Å²) in [6.45, 7) is 0. The van der Waals surface area contributed by atoms with Gasteiger partial charge in [0.15, 0.2) is 6.19 Å². The standard InChI is InChI=1S/C21H18ClN5O/c22-17-9-15(27-19-4-2-1-3-13(19)11-24-27)5-7-16(17)21(28)25-18-10-14-6-8-20(18)26(14)12-23/h1-5,7,9,11,14,18,20H,6,8,10H2,(H,25,28)/t14-,18+,20+/m0/s1. The van der Waals surface area contributed by atoms with E-state index in [2.05, 4.69) is 16.6 Å². The van der Waals surface area contributed by atoms with Crippen LogP contribution in [0.15, 0.2) is 48.7 Å². The Morgan fingerprint density at radius 1 is 1.25 bits per heavy atom. The van der Waals surface area contributed by atoms with Crippen molar-refractivity contribution in [3.8, 4) is 11.9 Å². The molecule has 6 nitrogen and oxygen atoms in total. The molecule has 5 rings (SSSR count). The van der Waals surface area contributed by atoms with Crippen LogP contribution in [0.3, 0.4) is 0 Å². The number of carbonyl (C=O) groups is 1. The molecule has 3 atom stereocenters. The second-order valence-corrected chi connectivity index (χ2v) is 7.81. The van der Waals surface area contributed by atoms with E-state index >= 15 is 0 Å². The van der Waals surface area contributed by atoms with Gasteiger partial charge in [-0.1, -0.05) is 29.8 Å². The maximum atomic E-state index is 12.8. The molecule has 28 heavy (non-hydrogen) atoms. The van der Waals surface area contributed by atoms with Gasteiger partial charge in [0.1, 0.15) is 0 Å². The third-order valence-electron chi connectivity index (χ3n) is 5.89. The van der Waals surface area contributed by atoms with Crippen molar-refractivity contribution >= 4 is 28.4 Å². The van der Waals surface area contributed by atoms with Gasteiger partial charge in [0.2, 0.25) is 0 Å². The fourth-order valence-corrected chi connectivity index (χ4v) is 4.80. The SMILES string of the molecule is N#CN1[C@H]2CC[C@@H]1[C@H](NC(=O)c1ccc(-n3ncc4ccccc43)cc1Cl)C2. The quantitative estimate of drug-likeness (QED) is 0.693. The number of hydrogen-bond acceptors (Lipinski definition) is 4. The van der Waals surface area contributed by atoms with Crippen molar-refractivity contribution in [1.29, 1.82) is 5.26 Å². The molecule has 2 aliphatic heterocycles. The van der Waals surface area contributed by atoms with Crippen LogP contribution in [0.5, 0.6) is 0 Å². The lowest BCUT2D eigenvalue weighted by Crippen LogP contribution is -2.43. The van der Waals surface area contributed by atoms with E-state index in [4.69, 9.17) is 11.6 Å². The number of benzene rings is 2. The van der Waals surface area contributed by atoms with Crippen molar-refractivity contribution in [2.24, 2.45) is 0 Å². The lowest BCUT2D eigenvalue weighted by atomic mass is 9.95. The zero-order valence-corrected chi connectivity index (χ0v) is 15.8. The van der Waals surface area contributed by atoms with Crippen LogP contribution in [0.4, 0.5) is 0 Å². The number of amides is 1. The first kappa shape index (κ1) is 17.1. The first-order valence-electron chi connectivity index (χ1n) is 9.37. The van der Waals surface area contributed by atoms with Crippen molar-refractivity contribution in [2.45, 2.75) is 37.4 Å². The highest BCUT2D eigenvalue weighted by Crippen LogP contribution is 2.37. The van der Waals surface area contributed by atoms with Gasteiger partial charge in [-0.15, -0.1) is 0 Å². The summed E-state index contributed by atoms with van der Waals surface area (Å²) in [6.07, 6.45) is 6.86. The number of halogens is 1. The average Bonchev–Trinajstić information content (AvgIpc) is 3.39. The normalized spacial score (nSPS) is 23.1. The van der Waals surface area contributed by atoms with Crippen LogP contribution in [0, 0.1) is 11.5 Å². The largest absolute Gasteiger partial charge is 0.347 e. The second-order valence-electron chi connectivity index (χ2n) is 7.40. The first-order chi connectivity index (χ1) is 13.7. The fourth-order valence-electron chi connectivity index (χ4n) is 4.54. The molecule has 0 radical (unpaired) electrons. The molecule has 0 unspecified atom stereocenters. The van der Waals surface area contributed by atoms with Crippen molar-refractivity contribution in [1.82, 2.24) is 20.0 Å². The van der Waals surface area contributed by atoms with Crippen LogP contribution in [0.2, 0.25) is 5.02 Å². The molecule has 2 aliphatic rings. The summed E-state index contributed by atoms with van der Waals surface area (Å²) in [5.74, 6) is -0.197. The van der Waals surface area contributed by atoms with Crippen LogP contribution in [-0.2, 0) is 0 Å². The van der Waals surface area contributed by atoms with Gasteiger partial charge in [-0.3, -0.25) is 4.79 Å². The molecule has 3 aromatic rings. The number of rotatable bonds is 3. The monoisotopic (exact) mass is 391 g/mol. The molecule has 1 amide bonds. The third-order valence-corrected chi connectivity index (χ3v) is 6.20. The Balaban J connectivity index is 1.38. The van der Waals surface area contributed by atoms with Gasteiger partial charge in [-0.05, 0) is 43.5 Å². The summed E-state index contributed by atoms with van der Waals surface area (Å²) >= 11 is 6.45. The van der Waals surface area contributed by atoms with E-state index in [1.165, 1.54) is 0 Å². The zero-order chi connectivity index (χ0) is 19.3. The number of aromatic nitrogens is 2. The summed E-state index contributed by atoms with van der Waals surface area (Å²) in [5, 5.41) is 18.2. The lowest BCUT2D eigenvalue weighted by molar-refractivity contribution is 0.0928. The van der Waals surface area contributed by atoms with Gasteiger partial charge < -0.3 is 10.2 Å². The van der Waals surface area contributed by atoms with Crippen LogP contribution >= 0.6 is 11.6 Å². The molecule has 140 valence electrons. The van der Waals surface area contributed by atoms with Crippen LogP contribution < -0.4 is 5.32 Å². The summed E-state index contributed by atoms with van der Waals surface area (Å²) in [7, 11) is 0. The second kappa shape index (κ2) is 6.54. The predicted molar refractivity (Wildman–Crippen MR) is 106 cm³/mol. The highest BCUT2D eigenvalue weighted by atomic mass is 35.5. The van der Waals surface area contributed by atoms with E-state index in [-0.39, 0.29) is 24.0 Å². The topological polar surface area (TPSA) is 74.0 Å². The highest BCUT2D eigenvalue weighted by Gasteiger charge is 2.46. The molecule has 0 saturated carbocycles. The molecule has 7 heteroatoms. The minimum absolute atomic E-state index is 0.00305. The fraction of sp³-hybridized carbons (Fsp3) is 0.286. The van der Waals surface area contributed by atoms with E-state index < -0.39 is 0 Å². The molecule has 2 saturated heterocycles. The number of fused-ring (bicyclic) bond motifs is 3. The maximum Gasteiger partial charge on any atom is 0.253 e. The van der Waals surface area contributed by atoms with Crippen molar-refractivity contribution in [2.75, 3.05) is 0 Å². The Morgan fingerprint density at radius 3 is 2.89 bits per heavy atom. The zero-order valence-electron chi connectivity index (χ0n) is 15.0. The summed E-state index contributed by atoms with van der Waals surface area (Å²) < 4.78 is 1.81. The molecule has 1 aromatic heterocycles. The van der Waals surface area contributed by atoms with E-state index in [0.717, 1.165) is 35.9 Å². The third kappa shape index (κ3) is 2.62. The molecule has 2 fully saturated rings. The summed E-state index contributed by atoms with van der Waals surface area (Å²) in [4.78, 5) is 14.6. The number of nitrogens with zero attached hydrogens (tertiary/aromatic N) is 4. The van der Waals surface area contributed by atoms with Gasteiger partial charge in [0.05, 0.1) is 40.1 Å². The van der Waals surface area contributed by atoms with Crippen LogP contribution in [0.25, 0.3) is 16.6 Å². The van der Waals surface area contributed by atoms with Gasteiger partial charge >= 0.3 is 0 Å². The lowest BCUT2D eigenvalue weighted by Gasteiger charge is -2.22. The molecule has 0 aliphatic carbocycles. The molecular formula is C21H18ClN5O. The van der Waals surface area contributed by atoms with Crippen molar-refractivity contribution in [3.05, 3.63) is 59.2 Å². The Kier molecular flexibility index (Phi) is 3.99. The highest BCUT2D eigenvalue weighted by molar-refractivity contribution is 6.34. The van der Waals surface area contributed by atoms with Gasteiger partial charge in [-0.25, -0.2) is 4.68 Å². The molecule has 2 aromatic carbocycles. The minimum Gasteiger partial charge on any atom is -0.347 e. The number of hydrogen-bond donors (Lipinski definition) is 1. The van der Waals surface area contributed by atoms with Crippen LogP contribution in [0.1, 0.15) is 29.6 Å². The predicted octanol–water partition coefficient (Wildman–Crippen LogP) is 3.50. The Morgan fingerprint density at radius 2 is 2.11 bits per heavy atom. The molecule has 1 N–H and O–H groups in total. The molecular weight excluding hydrogens is 374 g/mol. The summed E-state index contributed by atoms with van der Waals surface area (Å²) in [5.41, 5.74) is 2.22. The van der Waals surface area contributed by atoms with Gasteiger partial charge in [0, 0.05) is 11.4 Å². The number of carbonyl (C=O) groups excluding carboxylic acids is 1. The van der Waals surface area contributed by atoms with Crippen molar-refractivity contribution in [3.63, 3.8) is 0 Å². The average molecular weight is 392 g/mol. The van der Waals surface area contributed by atoms with E-state index in [9.17, 15) is 10.1 Å². The minimum atomic E-state index is -0.197. The Hall–Kier alpha value is -3.04. The van der Waals surface area contributed by atoms with Gasteiger partial charge in [-0.2, -0.15) is 10.4 Å². The van der Waals surface area contributed by atoms with Crippen molar-refractivity contribution < 1.29 is 4.79 Å².